The van der Waals surface area contributed by atoms with E-state index in [9.17, 15) is 4.39 Å². The lowest BCUT2D eigenvalue weighted by Crippen LogP contribution is -2.33. The SMILES string of the molecule is CCCCCCOCc1ccc(F)c(B(O)O)c1. The monoisotopic (exact) mass is 254 g/mol. The number of unbranched alkanes of at least 4 members (excludes halogenated alkanes) is 3. The van der Waals surface area contributed by atoms with Crippen molar-refractivity contribution in [3.05, 3.63) is 29.6 Å². The van der Waals surface area contributed by atoms with Gasteiger partial charge in [0.1, 0.15) is 5.82 Å². The molecule has 1 rings (SSSR count). The normalized spacial score (nSPS) is 10.7. The van der Waals surface area contributed by atoms with Gasteiger partial charge in [0.25, 0.3) is 0 Å². The second kappa shape index (κ2) is 8.24. The summed E-state index contributed by atoms with van der Waals surface area (Å²) in [7, 11) is -1.78. The van der Waals surface area contributed by atoms with Crippen LogP contribution in [-0.2, 0) is 11.3 Å². The first-order valence-corrected chi connectivity index (χ1v) is 6.37. The van der Waals surface area contributed by atoms with Crippen LogP contribution in [0.15, 0.2) is 18.2 Å². The lowest BCUT2D eigenvalue weighted by molar-refractivity contribution is 0.117. The summed E-state index contributed by atoms with van der Waals surface area (Å²) in [6.07, 6.45) is 4.57. The van der Waals surface area contributed by atoms with Gasteiger partial charge in [0, 0.05) is 12.1 Å². The van der Waals surface area contributed by atoms with Crippen molar-refractivity contribution in [2.45, 2.75) is 39.2 Å². The minimum atomic E-state index is -1.78. The zero-order chi connectivity index (χ0) is 13.4. The van der Waals surface area contributed by atoms with Crippen molar-refractivity contribution < 1.29 is 19.2 Å². The standard InChI is InChI=1S/C13H20BFO3/c1-2-3-4-5-8-18-10-11-6-7-13(15)12(9-11)14(16)17/h6-7,9,16-17H,2-5,8,10H2,1H3. The Kier molecular flexibility index (Phi) is 6.94. The molecular weight excluding hydrogens is 234 g/mol. The Hall–Kier alpha value is -0.905. The molecule has 0 radical (unpaired) electrons. The van der Waals surface area contributed by atoms with E-state index in [0.29, 0.717) is 13.2 Å². The summed E-state index contributed by atoms with van der Waals surface area (Å²) in [5.41, 5.74) is 0.636. The molecule has 3 nitrogen and oxygen atoms in total. The first-order chi connectivity index (χ1) is 8.65. The van der Waals surface area contributed by atoms with Gasteiger partial charge < -0.3 is 14.8 Å². The zero-order valence-corrected chi connectivity index (χ0v) is 10.7. The fourth-order valence-corrected chi connectivity index (χ4v) is 1.70. The van der Waals surface area contributed by atoms with E-state index in [1.807, 2.05) is 0 Å². The average Bonchev–Trinajstić information content (AvgIpc) is 2.35. The highest BCUT2D eigenvalue weighted by molar-refractivity contribution is 6.58. The minimum Gasteiger partial charge on any atom is -0.423 e. The van der Waals surface area contributed by atoms with Gasteiger partial charge >= 0.3 is 7.12 Å². The Morgan fingerprint density at radius 1 is 1.22 bits per heavy atom. The van der Waals surface area contributed by atoms with Crippen LogP contribution >= 0.6 is 0 Å². The predicted molar refractivity (Wildman–Crippen MR) is 70.0 cm³/mol. The maximum absolute atomic E-state index is 13.2. The molecule has 1 aromatic carbocycles. The predicted octanol–water partition coefficient (Wildman–Crippen LogP) is 1.60. The number of ether oxygens (including phenoxy) is 1. The van der Waals surface area contributed by atoms with Gasteiger partial charge in [-0.25, -0.2) is 4.39 Å². The molecule has 18 heavy (non-hydrogen) atoms. The molecule has 5 heteroatoms. The molecule has 2 N–H and O–H groups in total. The molecule has 0 fully saturated rings. The summed E-state index contributed by atoms with van der Waals surface area (Å²) in [6.45, 7) is 3.20. The smallest absolute Gasteiger partial charge is 0.423 e. The fraction of sp³-hybridized carbons (Fsp3) is 0.538. The first-order valence-electron chi connectivity index (χ1n) is 6.37. The highest BCUT2D eigenvalue weighted by atomic mass is 19.1. The molecule has 100 valence electrons. The van der Waals surface area contributed by atoms with E-state index < -0.39 is 12.9 Å². The van der Waals surface area contributed by atoms with Crippen LogP contribution in [0.5, 0.6) is 0 Å². The topological polar surface area (TPSA) is 49.7 Å². The van der Waals surface area contributed by atoms with Crippen LogP contribution in [0.25, 0.3) is 0 Å². The molecule has 0 spiro atoms. The third-order valence-electron chi connectivity index (χ3n) is 2.75. The van der Waals surface area contributed by atoms with Crippen molar-refractivity contribution in [3.63, 3.8) is 0 Å². The van der Waals surface area contributed by atoms with Crippen molar-refractivity contribution >= 4 is 12.6 Å². The van der Waals surface area contributed by atoms with E-state index >= 15 is 0 Å². The molecule has 0 amide bonds. The minimum absolute atomic E-state index is 0.109. The highest BCUT2D eigenvalue weighted by Gasteiger charge is 2.16. The Labute approximate surface area is 108 Å². The van der Waals surface area contributed by atoms with Gasteiger partial charge in [-0.05, 0) is 18.1 Å². The van der Waals surface area contributed by atoms with Crippen molar-refractivity contribution in [2.75, 3.05) is 6.61 Å². The molecule has 0 unspecified atom stereocenters. The van der Waals surface area contributed by atoms with E-state index in [1.165, 1.54) is 25.0 Å². The van der Waals surface area contributed by atoms with Gasteiger partial charge in [0.05, 0.1) is 6.61 Å². The van der Waals surface area contributed by atoms with Crippen LogP contribution in [0, 0.1) is 5.82 Å². The maximum atomic E-state index is 13.2. The molecule has 0 aromatic heterocycles. The van der Waals surface area contributed by atoms with Crippen LogP contribution in [0.2, 0.25) is 0 Å². The van der Waals surface area contributed by atoms with E-state index in [4.69, 9.17) is 14.8 Å². The lowest BCUT2D eigenvalue weighted by Gasteiger charge is -2.07. The molecule has 0 aliphatic heterocycles. The largest absolute Gasteiger partial charge is 0.491 e. The highest BCUT2D eigenvalue weighted by Crippen LogP contribution is 2.05. The molecular formula is C13H20BFO3. The number of hydrogen-bond donors (Lipinski definition) is 2. The van der Waals surface area contributed by atoms with Crippen LogP contribution in [0.4, 0.5) is 4.39 Å². The van der Waals surface area contributed by atoms with Gasteiger partial charge in [-0.15, -0.1) is 0 Å². The Bertz CT molecular complexity index is 358. The quantitative estimate of drug-likeness (QED) is 0.547. The van der Waals surface area contributed by atoms with Crippen LogP contribution in [0.1, 0.15) is 38.2 Å². The summed E-state index contributed by atoms with van der Waals surface area (Å²) >= 11 is 0. The van der Waals surface area contributed by atoms with E-state index in [2.05, 4.69) is 6.92 Å². The molecule has 0 bridgehead atoms. The first kappa shape index (κ1) is 15.2. The average molecular weight is 254 g/mol. The Morgan fingerprint density at radius 3 is 2.67 bits per heavy atom. The van der Waals surface area contributed by atoms with Crippen molar-refractivity contribution in [1.29, 1.82) is 0 Å². The molecule has 0 aliphatic rings. The fourth-order valence-electron chi connectivity index (χ4n) is 1.70. The van der Waals surface area contributed by atoms with Gasteiger partial charge in [-0.1, -0.05) is 38.3 Å². The van der Waals surface area contributed by atoms with E-state index in [0.717, 1.165) is 18.4 Å². The molecule has 0 saturated heterocycles. The number of halogens is 1. The molecule has 0 aliphatic carbocycles. The Balaban J connectivity index is 2.36. The van der Waals surface area contributed by atoms with Crippen LogP contribution in [0.3, 0.4) is 0 Å². The van der Waals surface area contributed by atoms with Gasteiger partial charge in [-0.3, -0.25) is 0 Å². The van der Waals surface area contributed by atoms with E-state index in [1.54, 1.807) is 6.07 Å². The van der Waals surface area contributed by atoms with Crippen LogP contribution < -0.4 is 5.46 Å². The third-order valence-corrected chi connectivity index (χ3v) is 2.75. The molecule has 0 heterocycles. The maximum Gasteiger partial charge on any atom is 0.491 e. The van der Waals surface area contributed by atoms with Crippen molar-refractivity contribution in [3.8, 4) is 0 Å². The molecule has 0 saturated carbocycles. The third kappa shape index (κ3) is 5.17. The molecule has 1 aromatic rings. The Morgan fingerprint density at radius 2 is 2.00 bits per heavy atom. The number of rotatable bonds is 8. The molecule has 0 atom stereocenters. The summed E-state index contributed by atoms with van der Waals surface area (Å²) in [5, 5.41) is 17.9. The number of hydrogen-bond acceptors (Lipinski definition) is 3. The number of benzene rings is 1. The van der Waals surface area contributed by atoms with Gasteiger partial charge in [0.15, 0.2) is 0 Å². The summed E-state index contributed by atoms with van der Waals surface area (Å²) < 4.78 is 18.6. The van der Waals surface area contributed by atoms with Gasteiger partial charge in [0.2, 0.25) is 0 Å². The second-order valence-electron chi connectivity index (χ2n) is 4.34. The summed E-state index contributed by atoms with van der Waals surface area (Å²) in [5.74, 6) is -0.614. The summed E-state index contributed by atoms with van der Waals surface area (Å²) in [4.78, 5) is 0. The van der Waals surface area contributed by atoms with Crippen LogP contribution in [-0.4, -0.2) is 23.8 Å². The lowest BCUT2D eigenvalue weighted by atomic mass is 9.79. The van der Waals surface area contributed by atoms with Crippen molar-refractivity contribution in [1.82, 2.24) is 0 Å². The van der Waals surface area contributed by atoms with Gasteiger partial charge in [-0.2, -0.15) is 0 Å². The van der Waals surface area contributed by atoms with E-state index in [-0.39, 0.29) is 5.46 Å². The summed E-state index contributed by atoms with van der Waals surface area (Å²) in [6, 6.07) is 4.24. The zero-order valence-electron chi connectivity index (χ0n) is 10.7. The van der Waals surface area contributed by atoms with Crippen molar-refractivity contribution in [2.24, 2.45) is 0 Å². The second-order valence-corrected chi connectivity index (χ2v) is 4.34.